The summed E-state index contributed by atoms with van der Waals surface area (Å²) in [6.07, 6.45) is 0. The van der Waals surface area contributed by atoms with E-state index in [9.17, 15) is 18.0 Å². The normalized spacial score (nSPS) is 11.0. The molecule has 0 spiro atoms. The van der Waals surface area contributed by atoms with Crippen LogP contribution in [0.5, 0.6) is 5.75 Å². The number of ether oxygens (including phenoxy) is 1. The number of sulfonamides is 1. The van der Waals surface area contributed by atoms with Crippen molar-refractivity contribution in [3.8, 4) is 5.75 Å². The molecule has 3 aromatic rings. The SMILES string of the molecule is CCOc1ccc(NC(=O)c2ccc(NC(=O)c3ccc(Cl)c(S(N)(=O)=O)c3)cc2)cc1. The summed E-state index contributed by atoms with van der Waals surface area (Å²) in [4.78, 5) is 24.6. The minimum absolute atomic E-state index is 0.0655. The molecule has 0 aliphatic rings. The molecule has 166 valence electrons. The molecule has 0 fully saturated rings. The summed E-state index contributed by atoms with van der Waals surface area (Å²) >= 11 is 5.84. The summed E-state index contributed by atoms with van der Waals surface area (Å²) < 4.78 is 28.5. The molecule has 4 N–H and O–H groups in total. The number of nitrogens with one attached hydrogen (secondary N) is 2. The van der Waals surface area contributed by atoms with E-state index in [4.69, 9.17) is 21.5 Å². The van der Waals surface area contributed by atoms with Gasteiger partial charge in [-0.3, -0.25) is 9.59 Å². The number of carbonyl (C=O) groups is 2. The largest absolute Gasteiger partial charge is 0.494 e. The van der Waals surface area contributed by atoms with Crippen molar-refractivity contribution in [1.82, 2.24) is 0 Å². The lowest BCUT2D eigenvalue weighted by Gasteiger charge is -2.09. The van der Waals surface area contributed by atoms with Crippen molar-refractivity contribution >= 4 is 44.8 Å². The number of hydrogen-bond acceptors (Lipinski definition) is 5. The number of primary sulfonamides is 1. The minimum atomic E-state index is -4.07. The van der Waals surface area contributed by atoms with Crippen LogP contribution in [0.15, 0.2) is 71.6 Å². The van der Waals surface area contributed by atoms with Crippen LogP contribution < -0.4 is 20.5 Å². The maximum atomic E-state index is 12.5. The molecule has 8 nitrogen and oxygen atoms in total. The van der Waals surface area contributed by atoms with Gasteiger partial charge < -0.3 is 15.4 Å². The molecule has 0 saturated carbocycles. The van der Waals surface area contributed by atoms with Crippen molar-refractivity contribution in [3.05, 3.63) is 82.9 Å². The monoisotopic (exact) mass is 473 g/mol. The van der Waals surface area contributed by atoms with Gasteiger partial charge in [-0.05, 0) is 73.7 Å². The first-order valence-corrected chi connectivity index (χ1v) is 11.4. The number of carbonyl (C=O) groups excluding carboxylic acids is 2. The highest BCUT2D eigenvalue weighted by molar-refractivity contribution is 7.89. The number of anilines is 2. The summed E-state index contributed by atoms with van der Waals surface area (Å²) in [5.41, 5.74) is 1.49. The smallest absolute Gasteiger partial charge is 0.255 e. The van der Waals surface area contributed by atoms with Gasteiger partial charge in [-0.25, -0.2) is 13.6 Å². The Morgan fingerprint density at radius 2 is 1.38 bits per heavy atom. The highest BCUT2D eigenvalue weighted by Gasteiger charge is 2.16. The van der Waals surface area contributed by atoms with Gasteiger partial charge in [-0.1, -0.05) is 11.6 Å². The molecule has 0 atom stereocenters. The van der Waals surface area contributed by atoms with Gasteiger partial charge in [0.05, 0.1) is 11.6 Å². The Kier molecular flexibility index (Phi) is 7.14. The van der Waals surface area contributed by atoms with Crippen molar-refractivity contribution < 1.29 is 22.7 Å². The van der Waals surface area contributed by atoms with Crippen molar-refractivity contribution in [2.45, 2.75) is 11.8 Å². The third-order valence-electron chi connectivity index (χ3n) is 4.33. The zero-order valence-electron chi connectivity index (χ0n) is 17.0. The Morgan fingerprint density at radius 3 is 1.91 bits per heavy atom. The Hall–Kier alpha value is -3.40. The van der Waals surface area contributed by atoms with E-state index in [1.54, 1.807) is 48.5 Å². The van der Waals surface area contributed by atoms with Crippen molar-refractivity contribution in [2.24, 2.45) is 5.14 Å². The van der Waals surface area contributed by atoms with Crippen LogP contribution in [0.25, 0.3) is 0 Å². The van der Waals surface area contributed by atoms with E-state index in [1.165, 1.54) is 12.1 Å². The lowest BCUT2D eigenvalue weighted by Crippen LogP contribution is -2.16. The molecular weight excluding hydrogens is 454 g/mol. The van der Waals surface area contributed by atoms with Gasteiger partial charge in [-0.2, -0.15) is 0 Å². The third kappa shape index (κ3) is 5.85. The van der Waals surface area contributed by atoms with E-state index < -0.39 is 15.9 Å². The van der Waals surface area contributed by atoms with Crippen molar-refractivity contribution in [1.29, 1.82) is 0 Å². The van der Waals surface area contributed by atoms with Crippen LogP contribution in [-0.4, -0.2) is 26.8 Å². The molecule has 0 bridgehead atoms. The number of halogens is 1. The second-order valence-corrected chi connectivity index (χ2v) is 8.57. The quantitative estimate of drug-likeness (QED) is 0.479. The number of amides is 2. The summed E-state index contributed by atoms with van der Waals surface area (Å²) in [5, 5.41) is 10.4. The summed E-state index contributed by atoms with van der Waals surface area (Å²) in [7, 11) is -4.07. The van der Waals surface area contributed by atoms with E-state index in [0.717, 1.165) is 6.07 Å². The first-order valence-electron chi connectivity index (χ1n) is 9.45. The highest BCUT2D eigenvalue weighted by atomic mass is 35.5. The topological polar surface area (TPSA) is 128 Å². The summed E-state index contributed by atoms with van der Waals surface area (Å²) in [5.74, 6) is -0.164. The van der Waals surface area contributed by atoms with Crippen LogP contribution in [0.3, 0.4) is 0 Å². The Labute approximate surface area is 190 Å². The van der Waals surface area contributed by atoms with E-state index in [2.05, 4.69) is 10.6 Å². The second-order valence-electron chi connectivity index (χ2n) is 6.63. The molecule has 2 amide bonds. The number of hydrogen-bond donors (Lipinski definition) is 3. The molecule has 3 rings (SSSR count). The molecule has 0 unspecified atom stereocenters. The Balaban J connectivity index is 1.66. The minimum Gasteiger partial charge on any atom is -0.494 e. The maximum Gasteiger partial charge on any atom is 0.255 e. The van der Waals surface area contributed by atoms with Crippen LogP contribution in [0.4, 0.5) is 11.4 Å². The lowest BCUT2D eigenvalue weighted by atomic mass is 10.1. The molecular formula is C22H20ClN3O5S. The average Bonchev–Trinajstić information content (AvgIpc) is 2.75. The zero-order valence-corrected chi connectivity index (χ0v) is 18.5. The van der Waals surface area contributed by atoms with Gasteiger partial charge in [-0.15, -0.1) is 0 Å². The summed E-state index contributed by atoms with van der Waals surface area (Å²) in [6, 6.07) is 17.0. The van der Waals surface area contributed by atoms with E-state index >= 15 is 0 Å². The molecule has 32 heavy (non-hydrogen) atoms. The van der Waals surface area contributed by atoms with Crippen LogP contribution in [-0.2, 0) is 10.0 Å². The average molecular weight is 474 g/mol. The molecule has 0 aliphatic heterocycles. The van der Waals surface area contributed by atoms with Crippen LogP contribution in [0.1, 0.15) is 27.6 Å². The van der Waals surface area contributed by atoms with E-state index in [1.807, 2.05) is 6.92 Å². The Bertz CT molecular complexity index is 1240. The van der Waals surface area contributed by atoms with Crippen LogP contribution >= 0.6 is 11.6 Å². The lowest BCUT2D eigenvalue weighted by molar-refractivity contribution is 0.101. The van der Waals surface area contributed by atoms with E-state index in [0.29, 0.717) is 29.3 Å². The highest BCUT2D eigenvalue weighted by Crippen LogP contribution is 2.22. The fourth-order valence-corrected chi connectivity index (χ4v) is 3.85. The zero-order chi connectivity index (χ0) is 23.3. The molecule has 0 heterocycles. The first kappa shape index (κ1) is 23.3. The standard InChI is InChI=1S/C22H20ClN3O5S/c1-2-31-18-10-8-17(9-11-18)25-21(27)14-3-6-16(7-4-14)26-22(28)15-5-12-19(23)20(13-15)32(24,29)30/h3-13H,2H2,1H3,(H,25,27)(H,26,28)(H2,24,29,30). The molecule has 0 aliphatic carbocycles. The van der Waals surface area contributed by atoms with Gasteiger partial charge in [0.15, 0.2) is 0 Å². The predicted molar refractivity (Wildman–Crippen MR) is 123 cm³/mol. The van der Waals surface area contributed by atoms with Gasteiger partial charge in [0.2, 0.25) is 10.0 Å². The van der Waals surface area contributed by atoms with Gasteiger partial charge in [0.1, 0.15) is 10.6 Å². The molecule has 10 heteroatoms. The van der Waals surface area contributed by atoms with Crippen LogP contribution in [0.2, 0.25) is 5.02 Å². The molecule has 0 saturated heterocycles. The fourth-order valence-electron chi connectivity index (χ4n) is 2.78. The molecule has 0 radical (unpaired) electrons. The number of benzene rings is 3. The molecule has 3 aromatic carbocycles. The second kappa shape index (κ2) is 9.82. The Morgan fingerprint density at radius 1 is 0.875 bits per heavy atom. The predicted octanol–water partition coefficient (Wildman–Crippen LogP) is 3.89. The van der Waals surface area contributed by atoms with Gasteiger partial charge in [0, 0.05) is 22.5 Å². The number of nitrogens with two attached hydrogens (primary N) is 1. The van der Waals surface area contributed by atoms with Crippen molar-refractivity contribution in [3.63, 3.8) is 0 Å². The van der Waals surface area contributed by atoms with Crippen molar-refractivity contribution in [2.75, 3.05) is 17.2 Å². The van der Waals surface area contributed by atoms with Gasteiger partial charge >= 0.3 is 0 Å². The fraction of sp³-hybridized carbons (Fsp3) is 0.0909. The van der Waals surface area contributed by atoms with Gasteiger partial charge in [0.25, 0.3) is 11.8 Å². The third-order valence-corrected chi connectivity index (χ3v) is 5.72. The maximum absolute atomic E-state index is 12.5. The first-order chi connectivity index (χ1) is 15.2. The van der Waals surface area contributed by atoms with Crippen LogP contribution in [0, 0.1) is 0 Å². The summed E-state index contributed by atoms with van der Waals surface area (Å²) in [6.45, 7) is 2.44. The van der Waals surface area contributed by atoms with E-state index in [-0.39, 0.29) is 21.4 Å². The number of rotatable bonds is 7. The molecule has 0 aromatic heterocycles.